The predicted octanol–water partition coefficient (Wildman–Crippen LogP) is 3.05. The van der Waals surface area contributed by atoms with Crippen molar-refractivity contribution in [3.05, 3.63) is 42.3 Å². The zero-order valence-electron chi connectivity index (χ0n) is 17.2. The summed E-state index contributed by atoms with van der Waals surface area (Å²) in [5.74, 6) is 3.18. The van der Waals surface area contributed by atoms with Gasteiger partial charge in [0.1, 0.15) is 24.7 Å². The maximum atomic E-state index is 12.7. The van der Waals surface area contributed by atoms with Gasteiger partial charge in [0.15, 0.2) is 11.5 Å². The van der Waals surface area contributed by atoms with Gasteiger partial charge in [0.2, 0.25) is 17.6 Å². The van der Waals surface area contributed by atoms with Crippen molar-refractivity contribution in [1.82, 2.24) is 10.1 Å². The zero-order chi connectivity index (χ0) is 21.4. The molecule has 0 bridgehead atoms. The molecule has 3 aromatic rings. The first kappa shape index (κ1) is 19.2. The summed E-state index contributed by atoms with van der Waals surface area (Å²) in [7, 11) is 3.16. The van der Waals surface area contributed by atoms with Crippen LogP contribution >= 0.6 is 0 Å². The van der Waals surface area contributed by atoms with Gasteiger partial charge in [0.25, 0.3) is 0 Å². The highest BCUT2D eigenvalue weighted by atomic mass is 16.6. The van der Waals surface area contributed by atoms with Crippen LogP contribution in [0.1, 0.15) is 18.2 Å². The summed E-state index contributed by atoms with van der Waals surface area (Å²) in [4.78, 5) is 19.0. The van der Waals surface area contributed by atoms with Crippen LogP contribution in [-0.2, 0) is 4.79 Å². The molecule has 2 aliphatic rings. The second-order valence-electron chi connectivity index (χ2n) is 7.26. The molecular formula is C22H21N3O6. The van der Waals surface area contributed by atoms with Crippen molar-refractivity contribution in [2.24, 2.45) is 0 Å². The minimum absolute atomic E-state index is 0.0107. The number of anilines is 1. The van der Waals surface area contributed by atoms with Gasteiger partial charge in [-0.3, -0.25) is 4.79 Å². The Morgan fingerprint density at radius 2 is 1.87 bits per heavy atom. The molecule has 9 nitrogen and oxygen atoms in total. The Morgan fingerprint density at radius 3 is 2.68 bits per heavy atom. The Kier molecular flexibility index (Phi) is 4.85. The maximum Gasteiger partial charge on any atom is 0.232 e. The molecule has 1 aromatic heterocycles. The Hall–Kier alpha value is -3.75. The Morgan fingerprint density at radius 1 is 1.03 bits per heavy atom. The van der Waals surface area contributed by atoms with E-state index in [1.165, 1.54) is 0 Å². The van der Waals surface area contributed by atoms with Gasteiger partial charge in [0.05, 0.1) is 25.7 Å². The average Bonchev–Trinajstić information content (AvgIpc) is 3.45. The van der Waals surface area contributed by atoms with Gasteiger partial charge in [0, 0.05) is 30.8 Å². The third-order valence-corrected chi connectivity index (χ3v) is 5.40. The molecule has 0 radical (unpaired) electrons. The summed E-state index contributed by atoms with van der Waals surface area (Å²) < 4.78 is 27.4. The minimum atomic E-state index is -0.203. The summed E-state index contributed by atoms with van der Waals surface area (Å²) >= 11 is 0. The third-order valence-electron chi connectivity index (χ3n) is 5.40. The number of fused-ring (bicyclic) bond motifs is 1. The second-order valence-corrected chi connectivity index (χ2v) is 7.26. The molecule has 3 heterocycles. The highest BCUT2D eigenvalue weighted by Gasteiger charge is 2.36. The molecule has 2 aromatic carbocycles. The molecular weight excluding hydrogens is 402 g/mol. The van der Waals surface area contributed by atoms with Crippen LogP contribution in [0, 0.1) is 0 Å². The highest BCUT2D eigenvalue weighted by molar-refractivity contribution is 5.96. The van der Waals surface area contributed by atoms with E-state index in [2.05, 4.69) is 10.1 Å². The standard InChI is InChI=1S/C22H21N3O6/c1-27-15-4-5-16(18(11-15)28-2)21-23-22(31-24-21)13-9-20(26)25(12-13)14-3-6-17-19(10-14)30-8-7-29-17/h3-6,10-11,13H,7-9,12H2,1-2H3/t13-/m1/s1. The number of carbonyl (C=O) groups excluding carboxylic acids is 1. The van der Waals surface area contributed by atoms with E-state index in [1.807, 2.05) is 24.3 Å². The number of aromatic nitrogens is 2. The van der Waals surface area contributed by atoms with Gasteiger partial charge in [-0.15, -0.1) is 0 Å². The van der Waals surface area contributed by atoms with Crippen molar-refractivity contribution < 1.29 is 28.3 Å². The van der Waals surface area contributed by atoms with E-state index in [0.29, 0.717) is 60.0 Å². The van der Waals surface area contributed by atoms with Crippen molar-refractivity contribution in [1.29, 1.82) is 0 Å². The largest absolute Gasteiger partial charge is 0.497 e. The van der Waals surface area contributed by atoms with E-state index in [9.17, 15) is 4.79 Å². The van der Waals surface area contributed by atoms with Crippen LogP contribution in [0.15, 0.2) is 40.9 Å². The fourth-order valence-corrected chi connectivity index (χ4v) is 3.82. The number of carbonyl (C=O) groups is 1. The lowest BCUT2D eigenvalue weighted by Crippen LogP contribution is -2.24. The van der Waals surface area contributed by atoms with E-state index in [4.69, 9.17) is 23.5 Å². The summed E-state index contributed by atoms with van der Waals surface area (Å²) in [5.41, 5.74) is 1.44. The molecule has 9 heteroatoms. The van der Waals surface area contributed by atoms with Gasteiger partial charge < -0.3 is 28.4 Å². The monoisotopic (exact) mass is 423 g/mol. The summed E-state index contributed by atoms with van der Waals surface area (Å²) in [6.45, 7) is 1.46. The molecule has 5 rings (SSSR count). The van der Waals surface area contributed by atoms with E-state index in [0.717, 1.165) is 5.69 Å². The van der Waals surface area contributed by atoms with Crippen LogP contribution < -0.4 is 23.8 Å². The fourth-order valence-electron chi connectivity index (χ4n) is 3.82. The fraction of sp³-hybridized carbons (Fsp3) is 0.318. The minimum Gasteiger partial charge on any atom is -0.497 e. The van der Waals surface area contributed by atoms with E-state index in [1.54, 1.807) is 31.3 Å². The first-order chi connectivity index (χ1) is 15.2. The molecule has 1 saturated heterocycles. The SMILES string of the molecule is COc1ccc(-c2noc([C@@H]3CC(=O)N(c4ccc5c(c4)OCCO5)C3)n2)c(OC)c1. The number of amides is 1. The number of ether oxygens (including phenoxy) is 4. The van der Waals surface area contributed by atoms with Gasteiger partial charge >= 0.3 is 0 Å². The van der Waals surface area contributed by atoms with Crippen LogP contribution in [0.5, 0.6) is 23.0 Å². The van der Waals surface area contributed by atoms with E-state index < -0.39 is 0 Å². The molecule has 1 fully saturated rings. The molecule has 160 valence electrons. The molecule has 0 N–H and O–H groups in total. The van der Waals surface area contributed by atoms with Crippen LogP contribution in [-0.4, -0.2) is 50.0 Å². The zero-order valence-corrected chi connectivity index (χ0v) is 17.2. The second kappa shape index (κ2) is 7.82. The molecule has 0 spiro atoms. The van der Waals surface area contributed by atoms with Crippen LogP contribution in [0.2, 0.25) is 0 Å². The van der Waals surface area contributed by atoms with Gasteiger partial charge in [-0.2, -0.15) is 4.98 Å². The molecule has 0 unspecified atom stereocenters. The Balaban J connectivity index is 1.37. The summed E-state index contributed by atoms with van der Waals surface area (Å²) in [5, 5.41) is 4.10. The number of hydrogen-bond acceptors (Lipinski definition) is 8. The van der Waals surface area contributed by atoms with Crippen molar-refractivity contribution >= 4 is 11.6 Å². The van der Waals surface area contributed by atoms with E-state index in [-0.39, 0.29) is 18.2 Å². The molecule has 0 aliphatic carbocycles. The topological polar surface area (TPSA) is 96.2 Å². The first-order valence-corrected chi connectivity index (χ1v) is 9.92. The van der Waals surface area contributed by atoms with Crippen LogP contribution in [0.3, 0.4) is 0 Å². The Bertz CT molecular complexity index is 1130. The normalized spacial score (nSPS) is 17.7. The molecule has 0 saturated carbocycles. The molecule has 1 atom stereocenters. The lowest BCUT2D eigenvalue weighted by molar-refractivity contribution is -0.117. The lowest BCUT2D eigenvalue weighted by Gasteiger charge is -2.22. The van der Waals surface area contributed by atoms with Gasteiger partial charge in [-0.25, -0.2) is 0 Å². The molecule has 1 amide bonds. The Labute approximate surface area is 178 Å². The van der Waals surface area contributed by atoms with Crippen molar-refractivity contribution in [3.8, 4) is 34.4 Å². The smallest absolute Gasteiger partial charge is 0.232 e. The highest BCUT2D eigenvalue weighted by Crippen LogP contribution is 2.38. The average molecular weight is 423 g/mol. The van der Waals surface area contributed by atoms with Gasteiger partial charge in [-0.1, -0.05) is 5.16 Å². The first-order valence-electron chi connectivity index (χ1n) is 9.92. The third kappa shape index (κ3) is 3.52. The van der Waals surface area contributed by atoms with Crippen LogP contribution in [0.4, 0.5) is 5.69 Å². The van der Waals surface area contributed by atoms with Crippen molar-refractivity contribution in [2.75, 3.05) is 38.9 Å². The summed E-state index contributed by atoms with van der Waals surface area (Å²) in [6.07, 6.45) is 0.288. The number of nitrogens with zero attached hydrogens (tertiary/aromatic N) is 3. The van der Waals surface area contributed by atoms with Gasteiger partial charge in [-0.05, 0) is 24.3 Å². The lowest BCUT2D eigenvalue weighted by atomic mass is 10.1. The predicted molar refractivity (Wildman–Crippen MR) is 110 cm³/mol. The number of rotatable bonds is 5. The number of methoxy groups -OCH3 is 2. The quantitative estimate of drug-likeness (QED) is 0.618. The maximum absolute atomic E-state index is 12.7. The van der Waals surface area contributed by atoms with Crippen LogP contribution in [0.25, 0.3) is 11.4 Å². The molecule has 2 aliphatic heterocycles. The summed E-state index contributed by atoms with van der Waals surface area (Å²) in [6, 6.07) is 10.9. The molecule has 31 heavy (non-hydrogen) atoms. The van der Waals surface area contributed by atoms with Crippen molar-refractivity contribution in [3.63, 3.8) is 0 Å². The van der Waals surface area contributed by atoms with E-state index >= 15 is 0 Å². The number of hydrogen-bond donors (Lipinski definition) is 0. The number of benzene rings is 2. The van der Waals surface area contributed by atoms with Crippen molar-refractivity contribution in [2.45, 2.75) is 12.3 Å².